The van der Waals surface area contributed by atoms with Crippen molar-refractivity contribution in [3.8, 4) is 11.1 Å². The number of piperidine rings is 1. The number of aromatic nitrogens is 1. The molecule has 4 N–H and O–H groups in total. The van der Waals surface area contributed by atoms with Crippen molar-refractivity contribution in [2.45, 2.75) is 56.1 Å². The van der Waals surface area contributed by atoms with Gasteiger partial charge in [0.25, 0.3) is 5.91 Å². The van der Waals surface area contributed by atoms with E-state index in [1.807, 2.05) is 6.07 Å². The summed E-state index contributed by atoms with van der Waals surface area (Å²) in [5, 5.41) is 12.8. The molecule has 2 saturated carbocycles. The molecule has 3 heterocycles. The lowest BCUT2D eigenvalue weighted by molar-refractivity contribution is 0.0362. The number of aliphatic hydroxyl groups is 1. The van der Waals surface area contributed by atoms with Gasteiger partial charge in [-0.05, 0) is 74.7 Å². The maximum absolute atomic E-state index is 13.0. The largest absolute Gasteiger partial charge is 0.393 e. The zero-order valence-corrected chi connectivity index (χ0v) is 22.3. The van der Waals surface area contributed by atoms with Gasteiger partial charge in [-0.2, -0.15) is 0 Å². The number of ether oxygens (including phenoxy) is 1. The van der Waals surface area contributed by atoms with Crippen LogP contribution in [0.2, 0.25) is 0 Å². The lowest BCUT2D eigenvalue weighted by Crippen LogP contribution is -2.38. The van der Waals surface area contributed by atoms with Crippen molar-refractivity contribution >= 4 is 11.7 Å². The Morgan fingerprint density at radius 3 is 2.58 bits per heavy atom. The van der Waals surface area contributed by atoms with Crippen molar-refractivity contribution in [3.05, 3.63) is 47.7 Å². The van der Waals surface area contributed by atoms with Crippen LogP contribution in [0.4, 0.5) is 5.82 Å². The second kappa shape index (κ2) is 10.9. The summed E-state index contributed by atoms with van der Waals surface area (Å²) in [4.78, 5) is 22.5. The Bertz CT molecular complexity index is 1130. The van der Waals surface area contributed by atoms with E-state index in [1.54, 1.807) is 6.20 Å². The highest BCUT2D eigenvalue weighted by Gasteiger charge is 2.60. The SMILES string of the molecule is Nc1ncc(-c2ccc([C@]34C[C@H]3CN(CCCN3CCOCC3)C4)cc2)cc1C(=O)N[C@H]1CC[C@H](O)CC1. The number of nitrogens with zero attached hydrogens (tertiary/aromatic N) is 3. The van der Waals surface area contributed by atoms with Crippen molar-refractivity contribution in [3.63, 3.8) is 0 Å². The fraction of sp³-hybridized carbons (Fsp3) is 0.600. The van der Waals surface area contributed by atoms with Gasteiger partial charge in [0, 0.05) is 49.4 Å². The molecule has 1 aromatic heterocycles. The zero-order valence-electron chi connectivity index (χ0n) is 22.3. The number of nitrogens with one attached hydrogen (secondary N) is 1. The average Bonchev–Trinajstić information content (AvgIpc) is 3.51. The van der Waals surface area contributed by atoms with Gasteiger partial charge in [0.2, 0.25) is 0 Å². The highest BCUT2D eigenvalue weighted by molar-refractivity contribution is 5.99. The van der Waals surface area contributed by atoms with E-state index in [4.69, 9.17) is 10.5 Å². The number of anilines is 1. The van der Waals surface area contributed by atoms with Crippen molar-refractivity contribution in [1.29, 1.82) is 0 Å². The molecule has 2 aliphatic heterocycles. The Morgan fingerprint density at radius 2 is 1.82 bits per heavy atom. The number of likely N-dealkylation sites (tertiary alicyclic amines) is 1. The monoisotopic (exact) mass is 519 g/mol. The number of rotatable bonds is 8. The molecule has 2 aromatic rings. The van der Waals surface area contributed by atoms with Gasteiger partial charge in [-0.1, -0.05) is 24.3 Å². The van der Waals surface area contributed by atoms with E-state index < -0.39 is 0 Å². The summed E-state index contributed by atoms with van der Waals surface area (Å²) < 4.78 is 5.46. The van der Waals surface area contributed by atoms with Crippen LogP contribution in [-0.2, 0) is 10.2 Å². The summed E-state index contributed by atoms with van der Waals surface area (Å²) in [6, 6.07) is 10.8. The van der Waals surface area contributed by atoms with Gasteiger partial charge < -0.3 is 25.8 Å². The molecule has 8 heteroatoms. The first-order chi connectivity index (χ1) is 18.5. The van der Waals surface area contributed by atoms with Gasteiger partial charge in [0.15, 0.2) is 0 Å². The number of nitrogen functional groups attached to an aromatic ring is 1. The number of amides is 1. The fourth-order valence-corrected chi connectivity index (χ4v) is 6.84. The molecule has 2 saturated heterocycles. The zero-order chi connectivity index (χ0) is 26.1. The molecule has 0 spiro atoms. The van der Waals surface area contributed by atoms with Crippen LogP contribution in [0, 0.1) is 5.92 Å². The van der Waals surface area contributed by atoms with Crippen LogP contribution in [0.15, 0.2) is 36.5 Å². The van der Waals surface area contributed by atoms with E-state index in [0.717, 1.165) is 75.6 Å². The van der Waals surface area contributed by atoms with Crippen LogP contribution in [0.1, 0.15) is 54.4 Å². The highest BCUT2D eigenvalue weighted by atomic mass is 16.5. The first kappa shape index (κ1) is 25.7. The van der Waals surface area contributed by atoms with E-state index in [1.165, 1.54) is 38.0 Å². The molecular weight excluding hydrogens is 478 g/mol. The topological polar surface area (TPSA) is 104 Å². The predicted octanol–water partition coefficient (Wildman–Crippen LogP) is 2.66. The van der Waals surface area contributed by atoms with E-state index in [9.17, 15) is 9.90 Å². The number of aliphatic hydroxyl groups excluding tert-OH is 1. The Labute approximate surface area is 225 Å². The summed E-state index contributed by atoms with van der Waals surface area (Å²) in [6.07, 6.45) is 7.04. The maximum atomic E-state index is 13.0. The van der Waals surface area contributed by atoms with Crippen LogP contribution in [0.3, 0.4) is 0 Å². The summed E-state index contributed by atoms with van der Waals surface area (Å²) >= 11 is 0. The minimum atomic E-state index is -0.251. The number of morpholine rings is 1. The van der Waals surface area contributed by atoms with Crippen molar-refractivity contribution in [2.75, 3.05) is 58.2 Å². The summed E-state index contributed by atoms with van der Waals surface area (Å²) in [5.41, 5.74) is 10.2. The number of nitrogens with two attached hydrogens (primary N) is 1. The molecule has 204 valence electrons. The van der Waals surface area contributed by atoms with Crippen molar-refractivity contribution < 1.29 is 14.6 Å². The maximum Gasteiger partial charge on any atom is 0.255 e. The first-order valence-electron chi connectivity index (χ1n) is 14.4. The quantitative estimate of drug-likeness (QED) is 0.493. The number of hydrogen-bond acceptors (Lipinski definition) is 7. The smallest absolute Gasteiger partial charge is 0.255 e. The van der Waals surface area contributed by atoms with E-state index >= 15 is 0 Å². The second-order valence-corrected chi connectivity index (χ2v) is 11.8. The van der Waals surface area contributed by atoms with Crippen LogP contribution >= 0.6 is 0 Å². The van der Waals surface area contributed by atoms with Crippen molar-refractivity contribution in [2.24, 2.45) is 5.92 Å². The number of fused-ring (bicyclic) bond motifs is 1. The molecule has 0 unspecified atom stereocenters. The molecule has 8 nitrogen and oxygen atoms in total. The number of pyridine rings is 1. The van der Waals surface area contributed by atoms with Gasteiger partial charge in [-0.25, -0.2) is 4.98 Å². The van der Waals surface area contributed by atoms with Crippen LogP contribution in [0.5, 0.6) is 0 Å². The standard InChI is InChI=1S/C30H41N5O3/c31-28-27(29(37)33-25-6-8-26(36)9-7-25)16-22(18-32-28)21-2-4-23(5-3-21)30-17-24(30)19-35(20-30)11-1-10-34-12-14-38-15-13-34/h2-5,16,18,24-26,36H,1,6-15,17,19-20H2,(H2,31,32)(H,33,37)/t24-,25-,26-,30+/m0/s1. The minimum absolute atomic E-state index is 0.0735. The number of carbonyl (C=O) groups excluding carboxylic acids is 1. The predicted molar refractivity (Wildman–Crippen MR) is 148 cm³/mol. The molecule has 6 rings (SSSR count). The van der Waals surface area contributed by atoms with Gasteiger partial charge in [0.1, 0.15) is 5.82 Å². The van der Waals surface area contributed by atoms with Gasteiger partial charge in [-0.3, -0.25) is 9.69 Å². The van der Waals surface area contributed by atoms with E-state index in [0.29, 0.717) is 11.0 Å². The normalized spacial score (nSPS) is 29.7. The molecule has 2 aliphatic carbocycles. The third-order valence-corrected chi connectivity index (χ3v) is 9.26. The Balaban J connectivity index is 1.06. The van der Waals surface area contributed by atoms with Gasteiger partial charge in [0.05, 0.1) is 24.9 Å². The molecule has 2 atom stereocenters. The summed E-state index contributed by atoms with van der Waals surface area (Å²) in [6.45, 7) is 8.61. The molecule has 1 amide bonds. The van der Waals surface area contributed by atoms with E-state index in [-0.39, 0.29) is 23.9 Å². The number of carbonyl (C=O) groups is 1. The van der Waals surface area contributed by atoms with Crippen LogP contribution in [0.25, 0.3) is 11.1 Å². The third-order valence-electron chi connectivity index (χ3n) is 9.26. The fourth-order valence-electron chi connectivity index (χ4n) is 6.84. The molecule has 4 fully saturated rings. The van der Waals surface area contributed by atoms with Crippen LogP contribution < -0.4 is 11.1 Å². The van der Waals surface area contributed by atoms with Crippen molar-refractivity contribution in [1.82, 2.24) is 20.1 Å². The average molecular weight is 520 g/mol. The molecule has 0 bridgehead atoms. The minimum Gasteiger partial charge on any atom is -0.393 e. The van der Waals surface area contributed by atoms with E-state index in [2.05, 4.69) is 44.4 Å². The van der Waals surface area contributed by atoms with Gasteiger partial charge in [-0.15, -0.1) is 0 Å². The third kappa shape index (κ3) is 5.45. The number of hydrogen-bond donors (Lipinski definition) is 3. The second-order valence-electron chi connectivity index (χ2n) is 11.8. The Morgan fingerprint density at radius 1 is 1.08 bits per heavy atom. The van der Waals surface area contributed by atoms with Gasteiger partial charge >= 0.3 is 0 Å². The molecule has 4 aliphatic rings. The highest BCUT2D eigenvalue weighted by Crippen LogP contribution is 2.59. The first-order valence-corrected chi connectivity index (χ1v) is 14.4. The summed E-state index contributed by atoms with van der Waals surface area (Å²) in [5.74, 6) is 0.832. The lowest BCUT2D eigenvalue weighted by atomic mass is 9.92. The number of benzene rings is 1. The van der Waals surface area contributed by atoms with Crippen LogP contribution in [-0.4, -0.2) is 90.4 Å². The molecule has 0 radical (unpaired) electrons. The molecular formula is C30H41N5O3. The molecule has 1 aromatic carbocycles. The summed E-state index contributed by atoms with van der Waals surface area (Å²) in [7, 11) is 0. The lowest BCUT2D eigenvalue weighted by Gasteiger charge is -2.28. The Kier molecular flexibility index (Phi) is 7.40. The Hall–Kier alpha value is -2.52. The molecule has 38 heavy (non-hydrogen) atoms.